The van der Waals surface area contributed by atoms with E-state index in [9.17, 15) is 9.59 Å². The molecule has 1 aromatic rings. The van der Waals surface area contributed by atoms with E-state index in [0.717, 1.165) is 42.4 Å². The third kappa shape index (κ3) is 3.56. The van der Waals surface area contributed by atoms with Crippen molar-refractivity contribution in [2.24, 2.45) is 11.7 Å². The lowest BCUT2D eigenvalue weighted by Gasteiger charge is -2.33. The molecule has 1 aliphatic rings. The number of rotatable bonds is 4. The van der Waals surface area contributed by atoms with Crippen LogP contribution >= 0.6 is 15.9 Å². The fourth-order valence-corrected chi connectivity index (χ4v) is 2.95. The normalized spacial score (nSPS) is 16.4. The Hall–Kier alpha value is -1.36. The van der Waals surface area contributed by atoms with Crippen molar-refractivity contribution in [2.45, 2.75) is 19.3 Å². The summed E-state index contributed by atoms with van der Waals surface area (Å²) in [6.45, 7) is 1.84. The highest BCUT2D eigenvalue weighted by Gasteiger charge is 2.21. The van der Waals surface area contributed by atoms with Crippen molar-refractivity contribution in [2.75, 3.05) is 18.0 Å². The molecule has 0 aromatic heterocycles. The third-order valence-electron chi connectivity index (χ3n) is 3.58. The summed E-state index contributed by atoms with van der Waals surface area (Å²) in [5, 5.41) is 0. The van der Waals surface area contributed by atoms with Crippen LogP contribution in [-0.2, 0) is 4.79 Å². The van der Waals surface area contributed by atoms with Gasteiger partial charge in [0.05, 0.1) is 0 Å². The predicted molar refractivity (Wildman–Crippen MR) is 78.3 cm³/mol. The molecule has 2 rings (SSSR count). The highest BCUT2D eigenvalue weighted by atomic mass is 79.9. The van der Waals surface area contributed by atoms with Crippen LogP contribution in [-0.4, -0.2) is 25.3 Å². The van der Waals surface area contributed by atoms with Gasteiger partial charge in [-0.2, -0.15) is 0 Å². The Bertz CT molecular complexity index is 482. The van der Waals surface area contributed by atoms with E-state index in [1.165, 1.54) is 0 Å². The number of primary amides is 1. The number of aldehydes is 1. The maximum atomic E-state index is 10.9. The van der Waals surface area contributed by atoms with E-state index in [1.54, 1.807) is 0 Å². The van der Waals surface area contributed by atoms with Crippen molar-refractivity contribution >= 4 is 33.8 Å². The SMILES string of the molecule is NC(=O)CC1CCN(c2ccc(C=O)c(Br)c2)CC1. The highest BCUT2D eigenvalue weighted by molar-refractivity contribution is 9.10. The second-order valence-corrected chi connectivity index (χ2v) is 5.78. The number of hydrogen-bond acceptors (Lipinski definition) is 3. The van der Waals surface area contributed by atoms with Crippen LogP contribution in [0.15, 0.2) is 22.7 Å². The van der Waals surface area contributed by atoms with Crippen molar-refractivity contribution in [3.8, 4) is 0 Å². The average molecular weight is 325 g/mol. The van der Waals surface area contributed by atoms with Crippen LogP contribution in [0, 0.1) is 5.92 Å². The second-order valence-electron chi connectivity index (χ2n) is 4.92. The number of halogens is 1. The van der Waals surface area contributed by atoms with Crippen molar-refractivity contribution in [3.63, 3.8) is 0 Å². The molecule has 1 saturated heterocycles. The van der Waals surface area contributed by atoms with Crippen molar-refractivity contribution < 1.29 is 9.59 Å². The van der Waals surface area contributed by atoms with E-state index < -0.39 is 0 Å². The van der Waals surface area contributed by atoms with E-state index in [-0.39, 0.29) is 5.91 Å². The van der Waals surface area contributed by atoms with E-state index in [2.05, 4.69) is 20.8 Å². The van der Waals surface area contributed by atoms with Crippen LogP contribution in [0.3, 0.4) is 0 Å². The van der Waals surface area contributed by atoms with E-state index >= 15 is 0 Å². The largest absolute Gasteiger partial charge is 0.371 e. The minimum atomic E-state index is -0.212. The molecule has 1 fully saturated rings. The summed E-state index contributed by atoms with van der Waals surface area (Å²) in [6, 6.07) is 5.75. The fourth-order valence-electron chi connectivity index (χ4n) is 2.49. The molecule has 2 N–H and O–H groups in total. The van der Waals surface area contributed by atoms with Gasteiger partial charge in [-0.25, -0.2) is 0 Å². The minimum absolute atomic E-state index is 0.212. The number of nitrogens with two attached hydrogens (primary N) is 1. The standard InChI is InChI=1S/C14H17BrN2O2/c15-13-8-12(2-1-11(13)9-18)17-5-3-10(4-6-17)7-14(16)19/h1-2,8-10H,3-7H2,(H2,16,19). The van der Waals surface area contributed by atoms with Crippen molar-refractivity contribution in [1.29, 1.82) is 0 Å². The number of carbonyl (C=O) groups is 2. The molecule has 0 atom stereocenters. The summed E-state index contributed by atoms with van der Waals surface area (Å²) in [6.07, 6.45) is 3.29. The summed E-state index contributed by atoms with van der Waals surface area (Å²) in [7, 11) is 0. The fraction of sp³-hybridized carbons (Fsp3) is 0.429. The van der Waals surface area contributed by atoms with Gasteiger partial charge in [0.1, 0.15) is 0 Å². The Kier molecular flexibility index (Phi) is 4.58. The van der Waals surface area contributed by atoms with Gasteiger partial charge in [-0.3, -0.25) is 9.59 Å². The lowest BCUT2D eigenvalue weighted by molar-refractivity contribution is -0.119. The molecule has 0 unspecified atom stereocenters. The summed E-state index contributed by atoms with van der Waals surface area (Å²) in [4.78, 5) is 24.0. The van der Waals surface area contributed by atoms with Crippen LogP contribution < -0.4 is 10.6 Å². The molecule has 0 radical (unpaired) electrons. The molecule has 0 bridgehead atoms. The van der Waals surface area contributed by atoms with Crippen LogP contribution in [0.4, 0.5) is 5.69 Å². The zero-order chi connectivity index (χ0) is 13.8. The maximum absolute atomic E-state index is 10.9. The zero-order valence-corrected chi connectivity index (χ0v) is 12.2. The smallest absolute Gasteiger partial charge is 0.217 e. The van der Waals surface area contributed by atoms with Gasteiger partial charge in [-0.05, 0) is 52.9 Å². The van der Waals surface area contributed by atoms with Crippen LogP contribution in [0.2, 0.25) is 0 Å². The van der Waals surface area contributed by atoms with Gasteiger partial charge >= 0.3 is 0 Å². The molecular formula is C14H17BrN2O2. The molecular weight excluding hydrogens is 308 g/mol. The Morgan fingerprint density at radius 3 is 2.63 bits per heavy atom. The second kappa shape index (κ2) is 6.19. The third-order valence-corrected chi connectivity index (χ3v) is 4.27. The van der Waals surface area contributed by atoms with Gasteiger partial charge < -0.3 is 10.6 Å². The molecule has 102 valence electrons. The predicted octanol–water partition coefficient (Wildman–Crippen LogP) is 2.35. The first kappa shape index (κ1) is 14.1. The van der Waals surface area contributed by atoms with Crippen LogP contribution in [0.1, 0.15) is 29.6 Å². The van der Waals surface area contributed by atoms with Gasteiger partial charge in [0.15, 0.2) is 6.29 Å². The summed E-state index contributed by atoms with van der Waals surface area (Å²) in [5.74, 6) is 0.197. The monoisotopic (exact) mass is 324 g/mol. The Balaban J connectivity index is 1.99. The molecule has 0 spiro atoms. The lowest BCUT2D eigenvalue weighted by atomic mass is 9.93. The first-order valence-electron chi connectivity index (χ1n) is 6.38. The number of piperidine rings is 1. The van der Waals surface area contributed by atoms with Gasteiger partial charge in [-0.15, -0.1) is 0 Å². The highest BCUT2D eigenvalue weighted by Crippen LogP contribution is 2.28. The minimum Gasteiger partial charge on any atom is -0.371 e. The molecule has 19 heavy (non-hydrogen) atoms. The van der Waals surface area contributed by atoms with E-state index in [1.807, 2.05) is 18.2 Å². The Morgan fingerprint density at radius 2 is 2.11 bits per heavy atom. The number of amides is 1. The quantitative estimate of drug-likeness (QED) is 0.865. The number of anilines is 1. The Morgan fingerprint density at radius 1 is 1.42 bits per heavy atom. The molecule has 1 aliphatic heterocycles. The topological polar surface area (TPSA) is 63.4 Å². The van der Waals surface area contributed by atoms with Crippen LogP contribution in [0.25, 0.3) is 0 Å². The van der Waals surface area contributed by atoms with Crippen molar-refractivity contribution in [1.82, 2.24) is 0 Å². The zero-order valence-electron chi connectivity index (χ0n) is 10.6. The summed E-state index contributed by atoms with van der Waals surface area (Å²) < 4.78 is 0.819. The van der Waals surface area contributed by atoms with Gasteiger partial charge in [0.2, 0.25) is 5.91 Å². The van der Waals surface area contributed by atoms with E-state index in [0.29, 0.717) is 17.9 Å². The molecule has 4 nitrogen and oxygen atoms in total. The number of hydrogen-bond donors (Lipinski definition) is 1. The molecule has 5 heteroatoms. The molecule has 1 heterocycles. The summed E-state index contributed by atoms with van der Waals surface area (Å²) in [5.41, 5.74) is 7.00. The lowest BCUT2D eigenvalue weighted by Crippen LogP contribution is -2.35. The molecule has 0 saturated carbocycles. The first-order chi connectivity index (χ1) is 9.10. The van der Waals surface area contributed by atoms with E-state index in [4.69, 9.17) is 5.73 Å². The first-order valence-corrected chi connectivity index (χ1v) is 7.17. The van der Waals surface area contributed by atoms with Gasteiger partial charge in [0.25, 0.3) is 0 Å². The summed E-state index contributed by atoms with van der Waals surface area (Å²) >= 11 is 3.40. The Labute approximate surface area is 121 Å². The molecule has 1 amide bonds. The molecule has 0 aliphatic carbocycles. The molecule has 1 aromatic carbocycles. The van der Waals surface area contributed by atoms with Gasteiger partial charge in [-0.1, -0.05) is 0 Å². The van der Waals surface area contributed by atoms with Gasteiger partial charge in [0, 0.05) is 35.2 Å². The number of carbonyl (C=O) groups excluding carboxylic acids is 2. The maximum Gasteiger partial charge on any atom is 0.217 e. The average Bonchev–Trinajstić information content (AvgIpc) is 2.39. The number of benzene rings is 1. The van der Waals surface area contributed by atoms with Crippen LogP contribution in [0.5, 0.6) is 0 Å². The number of nitrogens with zero attached hydrogens (tertiary/aromatic N) is 1. The van der Waals surface area contributed by atoms with Crippen molar-refractivity contribution in [3.05, 3.63) is 28.2 Å².